The summed E-state index contributed by atoms with van der Waals surface area (Å²) in [7, 11) is 1.13. The van der Waals surface area contributed by atoms with Crippen molar-refractivity contribution in [3.8, 4) is 0 Å². The highest BCUT2D eigenvalue weighted by Crippen LogP contribution is 2.38. The number of unbranched alkanes of at least 4 members (excludes halogenated alkanes) is 28. The average Bonchev–Trinajstić information content (AvgIpc) is 3.47. The summed E-state index contributed by atoms with van der Waals surface area (Å²) >= 11 is 0. The number of esters is 1. The molecular weight excluding hydrogens is 1040 g/mol. The molecule has 472 valence electrons. The van der Waals surface area contributed by atoms with Crippen LogP contribution in [0.15, 0.2) is 109 Å². The Bertz CT molecular complexity index is 1770. The molecule has 0 aliphatic rings. The lowest BCUT2D eigenvalue weighted by Gasteiger charge is -2.30. The number of nitrogens with one attached hydrogen (secondary N) is 1. The average molecular weight is 1160 g/mol. The van der Waals surface area contributed by atoms with Gasteiger partial charge < -0.3 is 28.5 Å². The standard InChI is InChI=1S/C72H127N2O7P/c1-7-10-13-16-19-22-25-28-30-32-34-35-36-37-38-39-41-43-45-47-50-53-56-59-62-65-72(76)81-70(63-60-57-54-51-48-27-24-21-18-15-12-9-3)69(68-80-82(77,78)79-67-66-74(4,5)6)73-71(75)64-61-58-55-52-49-46-44-42-40-33-31-29-26-23-20-17-14-11-8-2/h11,14,19-20,22-23,28-31,40,42,46,49,55,58,60,63,69-70H,7-10,12-13,15-18,21,24-27,32-39,41,43-45,47-48,50-54,56-57,59,61-62,64-68H2,1-6H3,(H-,73,75,77,78)/b14-11-,22-19-,23-20-,30-28-,31-29-,42-40-,49-46-,58-55-,63-60-. The molecule has 82 heavy (non-hydrogen) atoms. The summed E-state index contributed by atoms with van der Waals surface area (Å²) in [6, 6.07) is -0.935. The highest BCUT2D eigenvalue weighted by molar-refractivity contribution is 7.45. The van der Waals surface area contributed by atoms with Crippen molar-refractivity contribution in [2.24, 2.45) is 0 Å². The molecule has 0 spiro atoms. The van der Waals surface area contributed by atoms with Crippen molar-refractivity contribution in [1.29, 1.82) is 0 Å². The second-order valence-corrected chi connectivity index (χ2v) is 25.0. The van der Waals surface area contributed by atoms with E-state index in [-0.39, 0.29) is 31.3 Å². The summed E-state index contributed by atoms with van der Waals surface area (Å²) in [5, 5.41) is 2.98. The van der Waals surface area contributed by atoms with Gasteiger partial charge in [0.05, 0.1) is 33.8 Å². The number of allylic oxidation sites excluding steroid dienone is 17. The van der Waals surface area contributed by atoms with Crippen LogP contribution in [0.5, 0.6) is 0 Å². The van der Waals surface area contributed by atoms with E-state index >= 15 is 0 Å². The zero-order chi connectivity index (χ0) is 60.0. The van der Waals surface area contributed by atoms with Gasteiger partial charge in [-0.1, -0.05) is 278 Å². The molecule has 0 rings (SSSR count). The third kappa shape index (κ3) is 61.2. The Labute approximate surface area is 506 Å². The molecule has 0 bridgehead atoms. The van der Waals surface area contributed by atoms with Gasteiger partial charge >= 0.3 is 5.97 Å². The summed E-state index contributed by atoms with van der Waals surface area (Å²) in [5.74, 6) is -0.639. The van der Waals surface area contributed by atoms with Crippen LogP contribution in [0, 0.1) is 0 Å². The summed E-state index contributed by atoms with van der Waals surface area (Å²) in [6.07, 6.45) is 83.7. The van der Waals surface area contributed by atoms with Crippen molar-refractivity contribution >= 4 is 19.7 Å². The Kier molecular flexibility index (Phi) is 58.3. The van der Waals surface area contributed by atoms with Crippen LogP contribution in [-0.2, 0) is 27.9 Å². The molecule has 1 N–H and O–H groups in total. The van der Waals surface area contributed by atoms with Gasteiger partial charge in [-0.2, -0.15) is 0 Å². The molecule has 0 radical (unpaired) electrons. The fraction of sp³-hybridized carbons (Fsp3) is 0.722. The van der Waals surface area contributed by atoms with Crippen molar-refractivity contribution < 1.29 is 37.3 Å². The number of quaternary nitrogens is 1. The van der Waals surface area contributed by atoms with Gasteiger partial charge in [0.2, 0.25) is 5.91 Å². The molecule has 0 aromatic rings. The zero-order valence-electron chi connectivity index (χ0n) is 53.9. The van der Waals surface area contributed by atoms with E-state index in [1.54, 1.807) is 0 Å². The Morgan fingerprint density at radius 3 is 1.22 bits per heavy atom. The molecule has 9 nitrogen and oxygen atoms in total. The van der Waals surface area contributed by atoms with Gasteiger partial charge in [0, 0.05) is 12.8 Å². The molecule has 3 unspecified atom stereocenters. The van der Waals surface area contributed by atoms with Gasteiger partial charge in [-0.3, -0.25) is 14.2 Å². The first kappa shape index (κ1) is 78.7. The van der Waals surface area contributed by atoms with E-state index in [9.17, 15) is 19.0 Å². The predicted molar refractivity (Wildman–Crippen MR) is 353 cm³/mol. The van der Waals surface area contributed by atoms with E-state index in [2.05, 4.69) is 111 Å². The van der Waals surface area contributed by atoms with Crippen LogP contribution >= 0.6 is 7.82 Å². The zero-order valence-corrected chi connectivity index (χ0v) is 54.8. The first-order chi connectivity index (χ1) is 39.9. The number of phosphoric acid groups is 1. The van der Waals surface area contributed by atoms with Crippen LogP contribution < -0.4 is 10.2 Å². The van der Waals surface area contributed by atoms with Crippen LogP contribution in [0.2, 0.25) is 0 Å². The minimum absolute atomic E-state index is 0.0401. The number of hydrogen-bond acceptors (Lipinski definition) is 7. The number of rotatable bonds is 60. The Morgan fingerprint density at radius 1 is 0.439 bits per heavy atom. The molecule has 1 amide bonds. The number of nitrogens with zero attached hydrogens (tertiary/aromatic N) is 1. The van der Waals surface area contributed by atoms with E-state index in [0.29, 0.717) is 17.4 Å². The van der Waals surface area contributed by atoms with E-state index in [1.807, 2.05) is 45.4 Å². The molecule has 0 aromatic heterocycles. The Morgan fingerprint density at radius 2 is 0.793 bits per heavy atom. The van der Waals surface area contributed by atoms with Gasteiger partial charge in [-0.15, -0.1) is 0 Å². The normalized spacial score (nSPS) is 14.3. The van der Waals surface area contributed by atoms with Crippen LogP contribution in [-0.4, -0.2) is 69.4 Å². The van der Waals surface area contributed by atoms with Crippen molar-refractivity contribution in [1.82, 2.24) is 5.32 Å². The number of carbonyl (C=O) groups is 2. The lowest BCUT2D eigenvalue weighted by molar-refractivity contribution is -0.870. The lowest BCUT2D eigenvalue weighted by Crippen LogP contribution is -2.47. The third-order valence-corrected chi connectivity index (χ3v) is 15.4. The Balaban J connectivity index is 5.20. The molecule has 0 aromatic carbocycles. The minimum Gasteiger partial charge on any atom is -0.756 e. The van der Waals surface area contributed by atoms with Gasteiger partial charge in [0.1, 0.15) is 19.3 Å². The number of phosphoric ester groups is 1. The highest BCUT2D eigenvalue weighted by atomic mass is 31.2. The molecule has 0 fully saturated rings. The van der Waals surface area contributed by atoms with Crippen LogP contribution in [0.1, 0.15) is 284 Å². The van der Waals surface area contributed by atoms with Crippen molar-refractivity contribution in [3.63, 3.8) is 0 Å². The molecule has 0 saturated carbocycles. The van der Waals surface area contributed by atoms with Crippen LogP contribution in [0.3, 0.4) is 0 Å². The molecule has 0 heterocycles. The number of likely N-dealkylation sites (N-methyl/N-ethyl adjacent to an activating group) is 1. The van der Waals surface area contributed by atoms with E-state index in [0.717, 1.165) is 83.5 Å². The van der Waals surface area contributed by atoms with Crippen LogP contribution in [0.25, 0.3) is 0 Å². The lowest BCUT2D eigenvalue weighted by atomic mass is 10.0. The molecule has 0 saturated heterocycles. The maximum Gasteiger partial charge on any atom is 0.306 e. The van der Waals surface area contributed by atoms with Crippen LogP contribution in [0.4, 0.5) is 0 Å². The SMILES string of the molecule is CC/C=C\C/C=C\C/C=C\C/C=C\C/C=C\C/C=C\CCC(=O)NC(COP(=O)([O-])OCC[N+](C)(C)C)C(/C=C\CCCCCCCCCCCC)OC(=O)CCCCCCCCCCCCCCCCC/C=C\C/C=C\CCCCC. The number of amides is 1. The van der Waals surface area contributed by atoms with E-state index in [1.165, 1.54) is 161 Å². The monoisotopic (exact) mass is 1160 g/mol. The first-order valence-corrected chi connectivity index (χ1v) is 35.2. The van der Waals surface area contributed by atoms with Crippen molar-refractivity contribution in [3.05, 3.63) is 109 Å². The smallest absolute Gasteiger partial charge is 0.306 e. The van der Waals surface area contributed by atoms with Gasteiger partial charge in [0.25, 0.3) is 7.82 Å². The molecule has 3 atom stereocenters. The summed E-state index contributed by atoms with van der Waals surface area (Å²) in [5.41, 5.74) is 0. The van der Waals surface area contributed by atoms with E-state index < -0.39 is 26.6 Å². The second-order valence-electron chi connectivity index (χ2n) is 23.6. The van der Waals surface area contributed by atoms with Crippen molar-refractivity contribution in [2.75, 3.05) is 40.9 Å². The number of hydrogen-bond donors (Lipinski definition) is 1. The van der Waals surface area contributed by atoms with Gasteiger partial charge in [-0.25, -0.2) is 0 Å². The topological polar surface area (TPSA) is 114 Å². The number of ether oxygens (including phenoxy) is 1. The van der Waals surface area contributed by atoms with Crippen molar-refractivity contribution in [2.45, 2.75) is 296 Å². The quantitative estimate of drug-likeness (QED) is 0.0212. The molecule has 10 heteroatoms. The predicted octanol–water partition coefficient (Wildman–Crippen LogP) is 20.7. The molecular formula is C72H127N2O7P. The second kappa shape index (κ2) is 60.8. The maximum atomic E-state index is 13.5. The summed E-state index contributed by atoms with van der Waals surface area (Å²) in [4.78, 5) is 40.1. The fourth-order valence-corrected chi connectivity index (χ4v) is 10.0. The Hall–Kier alpha value is -3.33. The molecule has 0 aliphatic heterocycles. The summed E-state index contributed by atoms with van der Waals surface area (Å²) in [6.45, 7) is 6.65. The van der Waals surface area contributed by atoms with E-state index in [4.69, 9.17) is 13.8 Å². The maximum absolute atomic E-state index is 13.5. The first-order valence-electron chi connectivity index (χ1n) is 33.7. The minimum atomic E-state index is -4.73. The van der Waals surface area contributed by atoms with Gasteiger partial charge in [0.15, 0.2) is 0 Å². The van der Waals surface area contributed by atoms with Gasteiger partial charge in [-0.05, 0) is 102 Å². The largest absolute Gasteiger partial charge is 0.756 e. The fourth-order valence-electron chi connectivity index (χ4n) is 9.28. The third-order valence-electron chi connectivity index (χ3n) is 14.5. The molecule has 0 aliphatic carbocycles. The highest BCUT2D eigenvalue weighted by Gasteiger charge is 2.27. The number of carbonyl (C=O) groups excluding carboxylic acids is 2. The summed E-state index contributed by atoms with van der Waals surface area (Å²) < 4.78 is 30.3.